The van der Waals surface area contributed by atoms with Crippen LogP contribution in [0, 0.1) is 6.92 Å². The quantitative estimate of drug-likeness (QED) is 0.416. The summed E-state index contributed by atoms with van der Waals surface area (Å²) >= 11 is 1.74. The lowest BCUT2D eigenvalue weighted by Crippen LogP contribution is -2.41. The topological polar surface area (TPSA) is 80.0 Å². The average molecular weight is 461 g/mol. The van der Waals surface area contributed by atoms with Crippen molar-refractivity contribution in [2.75, 3.05) is 7.05 Å². The zero-order chi connectivity index (χ0) is 16.2. The van der Waals surface area contributed by atoms with Crippen LogP contribution in [0.3, 0.4) is 0 Å². The van der Waals surface area contributed by atoms with E-state index in [0.29, 0.717) is 6.54 Å². The summed E-state index contributed by atoms with van der Waals surface area (Å²) in [4.78, 5) is 14.6. The van der Waals surface area contributed by atoms with Gasteiger partial charge in [-0.15, -0.1) is 35.3 Å². The van der Waals surface area contributed by atoms with Crippen LogP contribution >= 0.6 is 35.3 Å². The van der Waals surface area contributed by atoms with E-state index in [1.165, 1.54) is 4.88 Å². The SMILES string of the molecule is CCc1cnc(CNC(=NC)NC2CCCn3nc(C)nc32)s1.I. The largest absolute Gasteiger partial charge is 0.350 e. The van der Waals surface area contributed by atoms with Gasteiger partial charge in [0.25, 0.3) is 0 Å². The number of aryl methyl sites for hydroxylation is 3. The molecule has 0 aromatic carbocycles. The number of nitrogens with one attached hydrogen (secondary N) is 2. The zero-order valence-corrected chi connectivity index (χ0v) is 17.4. The molecule has 0 fully saturated rings. The van der Waals surface area contributed by atoms with Gasteiger partial charge in [0.15, 0.2) is 5.96 Å². The summed E-state index contributed by atoms with van der Waals surface area (Å²) in [6.45, 7) is 5.71. The molecule has 0 saturated heterocycles. The Hall–Kier alpha value is -1.23. The maximum Gasteiger partial charge on any atom is 0.191 e. The van der Waals surface area contributed by atoms with Gasteiger partial charge in [-0.05, 0) is 26.2 Å². The third-order valence-electron chi connectivity index (χ3n) is 3.87. The number of rotatable bonds is 4. The average Bonchev–Trinajstić information content (AvgIpc) is 3.16. The molecule has 1 atom stereocenters. The molecule has 0 spiro atoms. The van der Waals surface area contributed by atoms with Gasteiger partial charge in [0, 0.05) is 24.7 Å². The van der Waals surface area contributed by atoms with Gasteiger partial charge in [0.1, 0.15) is 16.7 Å². The Bertz CT molecular complexity index is 694. The van der Waals surface area contributed by atoms with E-state index >= 15 is 0 Å². The van der Waals surface area contributed by atoms with E-state index < -0.39 is 0 Å². The van der Waals surface area contributed by atoms with Crippen molar-refractivity contribution in [2.45, 2.75) is 52.2 Å². The standard InChI is InChI=1S/C15H23N7S.HI/c1-4-11-8-17-13(23-11)9-18-15(16-3)20-12-6-5-7-22-14(12)19-10(2)21-22;/h8,12H,4-7,9H2,1-3H3,(H2,16,18,20);1H. The summed E-state index contributed by atoms with van der Waals surface area (Å²) < 4.78 is 2.00. The Kier molecular flexibility index (Phi) is 6.96. The monoisotopic (exact) mass is 461 g/mol. The van der Waals surface area contributed by atoms with Crippen molar-refractivity contribution >= 4 is 41.3 Å². The molecule has 2 aromatic rings. The van der Waals surface area contributed by atoms with Crippen molar-refractivity contribution in [1.29, 1.82) is 0 Å². The molecule has 132 valence electrons. The highest BCUT2D eigenvalue weighted by Gasteiger charge is 2.24. The summed E-state index contributed by atoms with van der Waals surface area (Å²) in [6, 6.07) is 0.152. The summed E-state index contributed by atoms with van der Waals surface area (Å²) in [6.07, 6.45) is 5.11. The highest BCUT2D eigenvalue weighted by atomic mass is 127. The maximum atomic E-state index is 4.55. The molecule has 1 aliphatic rings. The molecule has 0 radical (unpaired) electrons. The number of halogens is 1. The minimum atomic E-state index is 0. The predicted molar refractivity (Wildman–Crippen MR) is 107 cm³/mol. The molecule has 0 saturated carbocycles. The first-order valence-electron chi connectivity index (χ1n) is 8.01. The van der Waals surface area contributed by atoms with Gasteiger partial charge in [-0.25, -0.2) is 14.6 Å². The third-order valence-corrected chi connectivity index (χ3v) is 5.01. The fourth-order valence-electron chi connectivity index (χ4n) is 2.72. The van der Waals surface area contributed by atoms with Crippen LogP contribution in [0.2, 0.25) is 0 Å². The number of aliphatic imine (C=N–C) groups is 1. The zero-order valence-electron chi connectivity index (χ0n) is 14.2. The van der Waals surface area contributed by atoms with E-state index in [0.717, 1.165) is 48.4 Å². The number of nitrogens with zero attached hydrogens (tertiary/aromatic N) is 5. The van der Waals surface area contributed by atoms with E-state index in [-0.39, 0.29) is 30.0 Å². The summed E-state index contributed by atoms with van der Waals surface area (Å²) in [7, 11) is 1.79. The lowest BCUT2D eigenvalue weighted by atomic mass is 10.1. The van der Waals surface area contributed by atoms with Crippen molar-refractivity contribution in [3.05, 3.63) is 27.7 Å². The van der Waals surface area contributed by atoms with Crippen LogP contribution in [0.5, 0.6) is 0 Å². The smallest absolute Gasteiger partial charge is 0.191 e. The Balaban J connectivity index is 0.00000208. The first-order chi connectivity index (χ1) is 11.2. The second-order valence-corrected chi connectivity index (χ2v) is 6.78. The third kappa shape index (κ3) is 4.44. The van der Waals surface area contributed by atoms with E-state index in [1.807, 2.05) is 17.8 Å². The lowest BCUT2D eigenvalue weighted by molar-refractivity contribution is 0.397. The van der Waals surface area contributed by atoms with Crippen LogP contribution in [-0.4, -0.2) is 32.8 Å². The van der Waals surface area contributed by atoms with Gasteiger partial charge < -0.3 is 10.6 Å². The molecule has 2 aromatic heterocycles. The number of hydrogen-bond donors (Lipinski definition) is 2. The van der Waals surface area contributed by atoms with Crippen molar-refractivity contribution in [1.82, 2.24) is 30.4 Å². The van der Waals surface area contributed by atoms with E-state index in [2.05, 4.69) is 37.6 Å². The number of fused-ring (bicyclic) bond motifs is 1. The van der Waals surface area contributed by atoms with Crippen molar-refractivity contribution in [3.63, 3.8) is 0 Å². The highest BCUT2D eigenvalue weighted by molar-refractivity contribution is 14.0. The Morgan fingerprint density at radius 1 is 1.50 bits per heavy atom. The van der Waals surface area contributed by atoms with Crippen LogP contribution in [-0.2, 0) is 19.5 Å². The maximum absolute atomic E-state index is 4.55. The number of aromatic nitrogens is 4. The lowest BCUT2D eigenvalue weighted by Gasteiger charge is -2.24. The summed E-state index contributed by atoms with van der Waals surface area (Å²) in [5.74, 6) is 2.60. The van der Waals surface area contributed by atoms with Crippen LogP contribution < -0.4 is 10.6 Å². The van der Waals surface area contributed by atoms with Crippen molar-refractivity contribution in [2.24, 2.45) is 4.99 Å². The van der Waals surface area contributed by atoms with Gasteiger partial charge in [-0.2, -0.15) is 5.10 Å². The van der Waals surface area contributed by atoms with Crippen LogP contribution in [0.1, 0.15) is 47.3 Å². The highest BCUT2D eigenvalue weighted by Crippen LogP contribution is 2.22. The first-order valence-corrected chi connectivity index (χ1v) is 8.83. The second-order valence-electron chi connectivity index (χ2n) is 5.58. The van der Waals surface area contributed by atoms with Crippen LogP contribution in [0.25, 0.3) is 0 Å². The van der Waals surface area contributed by atoms with Gasteiger partial charge >= 0.3 is 0 Å². The molecule has 9 heteroatoms. The van der Waals surface area contributed by atoms with E-state index in [9.17, 15) is 0 Å². The normalized spacial score (nSPS) is 17.1. The fraction of sp³-hybridized carbons (Fsp3) is 0.600. The Morgan fingerprint density at radius 3 is 3.04 bits per heavy atom. The van der Waals surface area contributed by atoms with Gasteiger partial charge in [-0.1, -0.05) is 6.92 Å². The van der Waals surface area contributed by atoms with E-state index in [1.54, 1.807) is 18.4 Å². The molecule has 24 heavy (non-hydrogen) atoms. The number of guanidine groups is 1. The minimum absolute atomic E-state index is 0. The fourth-order valence-corrected chi connectivity index (χ4v) is 3.52. The van der Waals surface area contributed by atoms with Crippen molar-refractivity contribution < 1.29 is 0 Å². The summed E-state index contributed by atoms with van der Waals surface area (Å²) in [5, 5.41) is 12.3. The molecule has 0 bridgehead atoms. The molecule has 7 nitrogen and oxygen atoms in total. The first kappa shape index (κ1) is 19.1. The molecular formula is C15H24IN7S. The Labute approximate surface area is 163 Å². The second kappa shape index (κ2) is 8.75. The molecule has 1 unspecified atom stereocenters. The van der Waals surface area contributed by atoms with E-state index in [4.69, 9.17) is 0 Å². The van der Waals surface area contributed by atoms with Crippen LogP contribution in [0.4, 0.5) is 0 Å². The molecule has 3 heterocycles. The molecular weight excluding hydrogens is 437 g/mol. The van der Waals surface area contributed by atoms with Gasteiger partial charge in [-0.3, -0.25) is 4.99 Å². The summed E-state index contributed by atoms with van der Waals surface area (Å²) in [5.41, 5.74) is 0. The number of hydrogen-bond acceptors (Lipinski definition) is 5. The molecule has 0 amide bonds. The van der Waals surface area contributed by atoms with Crippen LogP contribution in [0.15, 0.2) is 11.2 Å². The molecule has 2 N–H and O–H groups in total. The molecule has 1 aliphatic heterocycles. The molecule has 3 rings (SSSR count). The van der Waals surface area contributed by atoms with Gasteiger partial charge in [0.05, 0.1) is 12.6 Å². The minimum Gasteiger partial charge on any atom is -0.350 e. The Morgan fingerprint density at radius 2 is 2.33 bits per heavy atom. The van der Waals surface area contributed by atoms with Gasteiger partial charge in [0.2, 0.25) is 0 Å². The number of thiazole rings is 1. The van der Waals surface area contributed by atoms with Crippen molar-refractivity contribution in [3.8, 4) is 0 Å². The molecule has 0 aliphatic carbocycles. The predicted octanol–water partition coefficient (Wildman–Crippen LogP) is 2.42.